The number of anilines is 1. The van der Waals surface area contributed by atoms with Crippen LogP contribution in [0.4, 0.5) is 5.82 Å². The number of hydrogen-bond acceptors (Lipinski definition) is 5. The molecule has 2 amide bonds. The van der Waals surface area contributed by atoms with Crippen LogP contribution < -0.4 is 14.8 Å². The molecular formula is C25H28N4O4. The molecule has 0 radical (unpaired) electrons. The van der Waals surface area contributed by atoms with E-state index in [9.17, 15) is 9.59 Å². The largest absolute Gasteiger partial charge is 0.493 e. The van der Waals surface area contributed by atoms with Gasteiger partial charge in [0, 0.05) is 19.2 Å². The highest BCUT2D eigenvalue weighted by Gasteiger charge is 2.23. The van der Waals surface area contributed by atoms with Gasteiger partial charge in [0.1, 0.15) is 11.4 Å². The summed E-state index contributed by atoms with van der Waals surface area (Å²) in [5.74, 6) is 0.900. The number of aromatic nitrogens is 2. The molecule has 3 aromatic rings. The van der Waals surface area contributed by atoms with Gasteiger partial charge in [0.05, 0.1) is 26.1 Å². The summed E-state index contributed by atoms with van der Waals surface area (Å²) in [6.45, 7) is 4.93. The van der Waals surface area contributed by atoms with E-state index in [1.807, 2.05) is 50.2 Å². The molecule has 1 aromatic heterocycles. The number of benzene rings is 2. The number of carbonyl (C=O) groups excluding carboxylic acids is 2. The average molecular weight is 449 g/mol. The molecule has 1 heterocycles. The lowest BCUT2D eigenvalue weighted by Crippen LogP contribution is -2.31. The molecule has 0 atom stereocenters. The molecule has 3 rings (SSSR count). The summed E-state index contributed by atoms with van der Waals surface area (Å²) in [7, 11) is 3.12. The van der Waals surface area contributed by atoms with Crippen LogP contribution in [0.3, 0.4) is 0 Å². The minimum Gasteiger partial charge on any atom is -0.493 e. The molecule has 0 unspecified atom stereocenters. The Morgan fingerprint density at radius 3 is 2.36 bits per heavy atom. The molecule has 0 aliphatic rings. The van der Waals surface area contributed by atoms with Crippen molar-refractivity contribution in [3.63, 3.8) is 0 Å². The first kappa shape index (κ1) is 23.6. The van der Waals surface area contributed by atoms with E-state index in [2.05, 4.69) is 10.4 Å². The number of rotatable bonds is 9. The smallest absolute Gasteiger partial charge is 0.259 e. The topological polar surface area (TPSA) is 85.7 Å². The second-order valence-corrected chi connectivity index (χ2v) is 7.07. The molecule has 172 valence electrons. The van der Waals surface area contributed by atoms with Gasteiger partial charge in [0.2, 0.25) is 5.91 Å². The number of nitrogens with one attached hydrogen (secondary N) is 1. The maximum Gasteiger partial charge on any atom is 0.259 e. The number of methoxy groups -OCH3 is 2. The summed E-state index contributed by atoms with van der Waals surface area (Å²) in [6.07, 6.45) is 4.54. The summed E-state index contributed by atoms with van der Waals surface area (Å²) in [4.78, 5) is 27.5. The maximum atomic E-state index is 13.0. The van der Waals surface area contributed by atoms with Gasteiger partial charge in [-0.25, -0.2) is 4.68 Å². The van der Waals surface area contributed by atoms with Crippen LogP contribution in [-0.2, 0) is 4.79 Å². The molecule has 0 bridgehead atoms. The van der Waals surface area contributed by atoms with Gasteiger partial charge < -0.3 is 19.7 Å². The number of carbonyl (C=O) groups is 2. The summed E-state index contributed by atoms with van der Waals surface area (Å²) in [5, 5.41) is 7.21. The van der Waals surface area contributed by atoms with Crippen molar-refractivity contribution in [2.24, 2.45) is 0 Å². The van der Waals surface area contributed by atoms with Crippen molar-refractivity contribution < 1.29 is 19.1 Å². The van der Waals surface area contributed by atoms with Crippen LogP contribution in [0.5, 0.6) is 11.5 Å². The molecule has 0 aliphatic heterocycles. The third-order valence-corrected chi connectivity index (χ3v) is 5.13. The Bertz CT molecular complexity index is 1130. The van der Waals surface area contributed by atoms with Crippen molar-refractivity contribution in [1.82, 2.24) is 14.7 Å². The normalized spacial score (nSPS) is 10.8. The predicted molar refractivity (Wildman–Crippen MR) is 128 cm³/mol. The third-order valence-electron chi connectivity index (χ3n) is 5.13. The van der Waals surface area contributed by atoms with Gasteiger partial charge in [-0.2, -0.15) is 5.10 Å². The minimum atomic E-state index is -0.393. The molecule has 0 saturated heterocycles. The van der Waals surface area contributed by atoms with E-state index < -0.39 is 5.91 Å². The lowest BCUT2D eigenvalue weighted by Gasteiger charge is -2.19. The standard InChI is InChI=1S/C25H28N4O4/c1-5-28(6-2)25(31)20-17-26-29(19-10-8-7-9-11-19)24(20)27-23(30)15-13-18-12-14-21(32-3)22(16-18)33-4/h7-17H,5-6H2,1-4H3,(H,27,30)/b15-13+. The zero-order chi connectivity index (χ0) is 23.8. The Morgan fingerprint density at radius 2 is 1.73 bits per heavy atom. The average Bonchev–Trinajstić information content (AvgIpc) is 3.27. The molecule has 8 heteroatoms. The molecule has 33 heavy (non-hydrogen) atoms. The molecule has 1 N–H and O–H groups in total. The molecule has 0 spiro atoms. The van der Waals surface area contributed by atoms with Crippen molar-refractivity contribution in [1.29, 1.82) is 0 Å². The Kier molecular flexibility index (Phi) is 7.86. The zero-order valence-electron chi connectivity index (χ0n) is 19.2. The number of para-hydroxylation sites is 1. The lowest BCUT2D eigenvalue weighted by molar-refractivity contribution is -0.111. The molecule has 0 saturated carbocycles. The van der Waals surface area contributed by atoms with Gasteiger partial charge in [-0.05, 0) is 49.8 Å². The van der Waals surface area contributed by atoms with Crippen molar-refractivity contribution in [3.8, 4) is 17.2 Å². The Balaban J connectivity index is 1.91. The van der Waals surface area contributed by atoms with Crippen LogP contribution in [0.15, 0.2) is 60.8 Å². The summed E-state index contributed by atoms with van der Waals surface area (Å²) in [6, 6.07) is 14.7. The fourth-order valence-electron chi connectivity index (χ4n) is 3.36. The first-order valence-electron chi connectivity index (χ1n) is 10.7. The van der Waals surface area contributed by atoms with Crippen LogP contribution in [0, 0.1) is 0 Å². The monoisotopic (exact) mass is 448 g/mol. The molecule has 2 aromatic carbocycles. The highest BCUT2D eigenvalue weighted by molar-refractivity contribution is 6.07. The molecule has 0 fully saturated rings. The van der Waals surface area contributed by atoms with Crippen LogP contribution in [0.25, 0.3) is 11.8 Å². The Hall–Kier alpha value is -4.07. The minimum absolute atomic E-state index is 0.193. The van der Waals surface area contributed by atoms with E-state index >= 15 is 0 Å². The highest BCUT2D eigenvalue weighted by Crippen LogP contribution is 2.28. The van der Waals surface area contributed by atoms with Crippen LogP contribution >= 0.6 is 0 Å². The SMILES string of the molecule is CCN(CC)C(=O)c1cnn(-c2ccccc2)c1NC(=O)/C=C/c1ccc(OC)c(OC)c1. The number of ether oxygens (including phenoxy) is 2. The molecule has 8 nitrogen and oxygen atoms in total. The molecular weight excluding hydrogens is 420 g/mol. The van der Waals surface area contributed by atoms with Gasteiger partial charge >= 0.3 is 0 Å². The van der Waals surface area contributed by atoms with Gasteiger partial charge in [-0.15, -0.1) is 0 Å². The van der Waals surface area contributed by atoms with Gasteiger partial charge in [0.15, 0.2) is 11.5 Å². The quantitative estimate of drug-likeness (QED) is 0.500. The highest BCUT2D eigenvalue weighted by atomic mass is 16.5. The van der Waals surface area contributed by atoms with Crippen molar-refractivity contribution in [3.05, 3.63) is 71.9 Å². The van der Waals surface area contributed by atoms with Gasteiger partial charge in [-0.1, -0.05) is 24.3 Å². The van der Waals surface area contributed by atoms with E-state index in [0.29, 0.717) is 36.0 Å². The fourth-order valence-corrected chi connectivity index (χ4v) is 3.36. The van der Waals surface area contributed by atoms with E-state index in [1.54, 1.807) is 42.0 Å². The Morgan fingerprint density at radius 1 is 1.03 bits per heavy atom. The predicted octanol–water partition coefficient (Wildman–Crippen LogP) is 4.02. The van der Waals surface area contributed by atoms with E-state index in [1.165, 1.54) is 12.3 Å². The first-order valence-corrected chi connectivity index (χ1v) is 10.7. The van der Waals surface area contributed by atoms with Crippen molar-refractivity contribution >= 4 is 23.7 Å². The van der Waals surface area contributed by atoms with Crippen LogP contribution in [0.1, 0.15) is 29.8 Å². The van der Waals surface area contributed by atoms with Crippen LogP contribution in [-0.4, -0.2) is 53.8 Å². The van der Waals surface area contributed by atoms with E-state index in [4.69, 9.17) is 9.47 Å². The number of nitrogens with zero attached hydrogens (tertiary/aromatic N) is 3. The Labute approximate surface area is 193 Å². The number of hydrogen-bond donors (Lipinski definition) is 1. The first-order chi connectivity index (χ1) is 16.0. The van der Waals surface area contributed by atoms with E-state index in [-0.39, 0.29) is 5.91 Å². The second kappa shape index (κ2) is 11.0. The second-order valence-electron chi connectivity index (χ2n) is 7.07. The molecule has 0 aliphatic carbocycles. The van der Waals surface area contributed by atoms with Crippen LogP contribution in [0.2, 0.25) is 0 Å². The summed E-state index contributed by atoms with van der Waals surface area (Å²) >= 11 is 0. The fraction of sp³-hybridized carbons (Fsp3) is 0.240. The maximum absolute atomic E-state index is 13.0. The van der Waals surface area contributed by atoms with Crippen molar-refractivity contribution in [2.75, 3.05) is 32.6 Å². The lowest BCUT2D eigenvalue weighted by atomic mass is 10.2. The third kappa shape index (κ3) is 5.41. The van der Waals surface area contributed by atoms with Gasteiger partial charge in [0.25, 0.3) is 5.91 Å². The van der Waals surface area contributed by atoms with E-state index in [0.717, 1.165) is 11.3 Å². The van der Waals surface area contributed by atoms with Gasteiger partial charge in [-0.3, -0.25) is 9.59 Å². The number of amides is 2. The zero-order valence-corrected chi connectivity index (χ0v) is 19.2. The summed E-state index contributed by atoms with van der Waals surface area (Å²) < 4.78 is 12.1. The van der Waals surface area contributed by atoms with Crippen molar-refractivity contribution in [2.45, 2.75) is 13.8 Å². The summed E-state index contributed by atoms with van der Waals surface area (Å²) in [5.41, 5.74) is 1.82.